The quantitative estimate of drug-likeness (QED) is 0.862. The summed E-state index contributed by atoms with van der Waals surface area (Å²) in [7, 11) is 0. The van der Waals surface area contributed by atoms with Crippen LogP contribution in [0.1, 0.15) is 29.5 Å². The van der Waals surface area contributed by atoms with Crippen molar-refractivity contribution in [3.05, 3.63) is 59.2 Å². The van der Waals surface area contributed by atoms with Crippen molar-refractivity contribution in [3.8, 4) is 11.5 Å². The zero-order chi connectivity index (χ0) is 16.4. The Morgan fingerprint density at radius 3 is 2.43 bits per heavy atom. The van der Waals surface area contributed by atoms with Crippen molar-refractivity contribution < 1.29 is 17.9 Å². The first-order valence-electron chi connectivity index (χ1n) is 7.62. The molecule has 122 valence electrons. The lowest BCUT2D eigenvalue weighted by atomic mass is 9.95. The molecule has 0 bridgehead atoms. The highest BCUT2D eigenvalue weighted by molar-refractivity contribution is 5.41. The van der Waals surface area contributed by atoms with E-state index in [1.54, 1.807) is 0 Å². The summed E-state index contributed by atoms with van der Waals surface area (Å²) in [5.74, 6) is 1.49. The molecule has 5 heteroatoms. The molecule has 1 aliphatic rings. The molecule has 2 nitrogen and oxygen atoms in total. The molecule has 2 aromatic carbocycles. The van der Waals surface area contributed by atoms with Crippen molar-refractivity contribution in [2.75, 3.05) is 13.1 Å². The van der Waals surface area contributed by atoms with Gasteiger partial charge in [0.1, 0.15) is 11.5 Å². The van der Waals surface area contributed by atoms with E-state index in [9.17, 15) is 13.2 Å². The molecule has 0 aromatic heterocycles. The van der Waals surface area contributed by atoms with Crippen LogP contribution in [-0.2, 0) is 12.6 Å². The lowest BCUT2D eigenvalue weighted by Gasteiger charge is -2.14. The van der Waals surface area contributed by atoms with E-state index in [4.69, 9.17) is 4.74 Å². The van der Waals surface area contributed by atoms with Gasteiger partial charge in [-0.25, -0.2) is 0 Å². The molecule has 3 rings (SSSR count). The molecule has 0 fully saturated rings. The van der Waals surface area contributed by atoms with Crippen LogP contribution >= 0.6 is 0 Å². The summed E-state index contributed by atoms with van der Waals surface area (Å²) < 4.78 is 43.4. The van der Waals surface area contributed by atoms with Crippen molar-refractivity contribution in [3.63, 3.8) is 0 Å². The van der Waals surface area contributed by atoms with Crippen LogP contribution in [0.25, 0.3) is 0 Å². The van der Waals surface area contributed by atoms with E-state index in [0.717, 1.165) is 31.6 Å². The van der Waals surface area contributed by atoms with E-state index in [0.29, 0.717) is 17.4 Å². The van der Waals surface area contributed by atoms with E-state index in [1.807, 2.05) is 18.2 Å². The maximum Gasteiger partial charge on any atom is 0.416 e. The van der Waals surface area contributed by atoms with Gasteiger partial charge in [0.25, 0.3) is 0 Å². The van der Waals surface area contributed by atoms with Gasteiger partial charge in [0.15, 0.2) is 0 Å². The minimum Gasteiger partial charge on any atom is -0.457 e. The average molecular weight is 321 g/mol. The van der Waals surface area contributed by atoms with Gasteiger partial charge >= 0.3 is 6.18 Å². The van der Waals surface area contributed by atoms with Crippen LogP contribution in [0.4, 0.5) is 13.2 Å². The predicted molar refractivity (Wildman–Crippen MR) is 82.9 cm³/mol. The minimum atomic E-state index is -4.33. The van der Waals surface area contributed by atoms with Crippen molar-refractivity contribution >= 4 is 0 Å². The van der Waals surface area contributed by atoms with Crippen LogP contribution in [0.3, 0.4) is 0 Å². The van der Waals surface area contributed by atoms with Crippen LogP contribution in [0.2, 0.25) is 0 Å². The third kappa shape index (κ3) is 3.67. The Morgan fingerprint density at radius 2 is 1.74 bits per heavy atom. The van der Waals surface area contributed by atoms with Gasteiger partial charge in [-0.3, -0.25) is 0 Å². The Bertz CT molecular complexity index is 680. The second-order valence-electron chi connectivity index (χ2n) is 5.84. The number of hydrogen-bond acceptors (Lipinski definition) is 2. The van der Waals surface area contributed by atoms with Gasteiger partial charge in [0.2, 0.25) is 0 Å². The van der Waals surface area contributed by atoms with Crippen molar-refractivity contribution in [1.29, 1.82) is 0 Å². The maximum absolute atomic E-state index is 12.6. The monoisotopic (exact) mass is 321 g/mol. The highest BCUT2D eigenvalue weighted by atomic mass is 19.4. The van der Waals surface area contributed by atoms with Gasteiger partial charge in [0, 0.05) is 6.54 Å². The third-order valence-corrected chi connectivity index (χ3v) is 4.08. The molecule has 1 aliphatic heterocycles. The van der Waals surface area contributed by atoms with Gasteiger partial charge in [-0.2, -0.15) is 13.2 Å². The number of halogens is 3. The molecular weight excluding hydrogens is 303 g/mol. The summed E-state index contributed by atoms with van der Waals surface area (Å²) in [5, 5.41) is 3.39. The lowest BCUT2D eigenvalue weighted by Crippen LogP contribution is -2.18. The number of fused-ring (bicyclic) bond motifs is 1. The Kier molecular flexibility index (Phi) is 4.31. The summed E-state index contributed by atoms with van der Waals surface area (Å²) in [6.07, 6.45) is -3.41. The first-order valence-corrected chi connectivity index (χ1v) is 7.62. The van der Waals surface area contributed by atoms with Gasteiger partial charge in [-0.05, 0) is 66.4 Å². The molecule has 23 heavy (non-hydrogen) atoms. The Hall–Kier alpha value is -2.01. The summed E-state index contributed by atoms with van der Waals surface area (Å²) in [4.78, 5) is 0. The largest absolute Gasteiger partial charge is 0.457 e. The Balaban J connectivity index is 1.79. The molecule has 1 heterocycles. The summed E-state index contributed by atoms with van der Waals surface area (Å²) in [6.45, 7) is 4.04. The fourth-order valence-electron chi connectivity index (χ4n) is 2.84. The smallest absolute Gasteiger partial charge is 0.416 e. The molecule has 1 N–H and O–H groups in total. The van der Waals surface area contributed by atoms with Crippen molar-refractivity contribution in [2.45, 2.75) is 25.4 Å². The lowest BCUT2D eigenvalue weighted by molar-refractivity contribution is -0.137. The number of nitrogens with one attached hydrogen (secondary N) is 1. The number of alkyl halides is 3. The summed E-state index contributed by atoms with van der Waals surface area (Å²) >= 11 is 0. The van der Waals surface area contributed by atoms with E-state index < -0.39 is 11.7 Å². The molecule has 1 unspecified atom stereocenters. The molecule has 0 amide bonds. The van der Waals surface area contributed by atoms with Crippen LogP contribution in [0, 0.1) is 0 Å². The number of benzene rings is 2. The number of ether oxygens (including phenoxy) is 1. The highest BCUT2D eigenvalue weighted by Gasteiger charge is 2.30. The molecule has 0 radical (unpaired) electrons. The fraction of sp³-hybridized carbons (Fsp3) is 0.333. The second-order valence-corrected chi connectivity index (χ2v) is 5.84. The molecule has 0 saturated heterocycles. The highest BCUT2D eigenvalue weighted by Crippen LogP contribution is 2.32. The van der Waals surface area contributed by atoms with Gasteiger partial charge in [0.05, 0.1) is 5.56 Å². The Morgan fingerprint density at radius 1 is 1.04 bits per heavy atom. The minimum absolute atomic E-state index is 0.401. The van der Waals surface area contributed by atoms with Crippen molar-refractivity contribution in [1.82, 2.24) is 5.32 Å². The third-order valence-electron chi connectivity index (χ3n) is 4.08. The molecule has 2 aromatic rings. The first kappa shape index (κ1) is 15.9. The summed E-state index contributed by atoms with van der Waals surface area (Å²) in [6, 6.07) is 10.7. The normalized spacial score (nSPS) is 18.2. The molecule has 0 spiro atoms. The average Bonchev–Trinajstić information content (AvgIpc) is 2.68. The van der Waals surface area contributed by atoms with E-state index in [1.165, 1.54) is 23.3 Å². The maximum atomic E-state index is 12.6. The topological polar surface area (TPSA) is 21.3 Å². The van der Waals surface area contributed by atoms with Crippen LogP contribution in [0.5, 0.6) is 11.5 Å². The van der Waals surface area contributed by atoms with Crippen molar-refractivity contribution in [2.24, 2.45) is 0 Å². The van der Waals surface area contributed by atoms with E-state index in [2.05, 4.69) is 12.2 Å². The second kappa shape index (κ2) is 6.24. The SMILES string of the molecule is CC1CNCCc2cc(Oc3ccc(C(F)(F)F)cc3)ccc21. The van der Waals surface area contributed by atoms with Crippen LogP contribution < -0.4 is 10.1 Å². The molecule has 1 atom stereocenters. The first-order chi connectivity index (χ1) is 10.9. The molecule has 0 aliphatic carbocycles. The van der Waals surface area contributed by atoms with E-state index >= 15 is 0 Å². The molecule has 0 saturated carbocycles. The predicted octanol–water partition coefficient (Wildman–Crippen LogP) is 4.75. The number of rotatable bonds is 2. The Labute approximate surface area is 133 Å². The number of hydrogen-bond donors (Lipinski definition) is 1. The zero-order valence-corrected chi connectivity index (χ0v) is 12.8. The van der Waals surface area contributed by atoms with Crippen LogP contribution in [0.15, 0.2) is 42.5 Å². The van der Waals surface area contributed by atoms with Gasteiger partial charge in [-0.1, -0.05) is 13.0 Å². The fourth-order valence-corrected chi connectivity index (χ4v) is 2.84. The molecular formula is C18H18F3NO. The van der Waals surface area contributed by atoms with Gasteiger partial charge in [-0.15, -0.1) is 0 Å². The van der Waals surface area contributed by atoms with Crippen LogP contribution in [-0.4, -0.2) is 13.1 Å². The summed E-state index contributed by atoms with van der Waals surface area (Å²) in [5.41, 5.74) is 1.85. The van der Waals surface area contributed by atoms with E-state index in [-0.39, 0.29) is 0 Å². The standard InChI is InChI=1S/C18H18F3NO/c1-12-11-22-9-8-13-10-16(6-7-17(12)13)23-15-4-2-14(3-5-15)18(19,20)21/h2-7,10,12,22H,8-9,11H2,1H3. The van der Waals surface area contributed by atoms with Gasteiger partial charge < -0.3 is 10.1 Å². The zero-order valence-electron chi connectivity index (χ0n) is 12.8.